The Morgan fingerprint density at radius 1 is 0.426 bits per heavy atom. The summed E-state index contributed by atoms with van der Waals surface area (Å²) in [7, 11) is 0. The van der Waals surface area contributed by atoms with E-state index in [0.717, 1.165) is 44.4 Å². The molecule has 0 atom stereocenters. The predicted octanol–water partition coefficient (Wildman–Crippen LogP) is 13.7. The van der Waals surface area contributed by atoms with E-state index < -0.39 is 5.41 Å². The van der Waals surface area contributed by atoms with E-state index in [1.54, 1.807) is 0 Å². The molecule has 0 fully saturated rings. The summed E-state index contributed by atoms with van der Waals surface area (Å²) in [6.45, 7) is 4.77. The monoisotopic (exact) mass is 691 g/mol. The summed E-state index contributed by atoms with van der Waals surface area (Å²) >= 11 is 0. The van der Waals surface area contributed by atoms with E-state index in [1.807, 2.05) is 6.07 Å². The molecule has 256 valence electrons. The molecule has 0 saturated carbocycles. The molecule has 1 aromatic heterocycles. The number of nitrogens with zero attached hydrogens (tertiary/aromatic N) is 1. The Hall–Kier alpha value is -6.64. The van der Waals surface area contributed by atoms with Crippen LogP contribution in [0.15, 0.2) is 192 Å². The van der Waals surface area contributed by atoms with Crippen molar-refractivity contribution in [1.29, 1.82) is 0 Å². The summed E-state index contributed by atoms with van der Waals surface area (Å²) in [5.74, 6) is 0. The van der Waals surface area contributed by atoms with Gasteiger partial charge in [-0.2, -0.15) is 0 Å². The van der Waals surface area contributed by atoms with Crippen LogP contribution < -0.4 is 4.90 Å². The zero-order chi connectivity index (χ0) is 36.0. The van der Waals surface area contributed by atoms with Crippen LogP contribution in [0.25, 0.3) is 44.2 Å². The van der Waals surface area contributed by atoms with Gasteiger partial charge >= 0.3 is 0 Å². The van der Waals surface area contributed by atoms with Crippen LogP contribution in [0, 0.1) is 0 Å². The van der Waals surface area contributed by atoms with E-state index in [2.05, 4.69) is 201 Å². The molecule has 1 heterocycles. The lowest BCUT2D eigenvalue weighted by molar-refractivity contribution is 0.563. The average Bonchev–Trinajstić information content (AvgIpc) is 3.76. The molecule has 0 radical (unpaired) electrons. The molecule has 11 rings (SSSR count). The maximum Gasteiger partial charge on any atom is 0.136 e. The van der Waals surface area contributed by atoms with Crippen molar-refractivity contribution in [2.45, 2.75) is 24.7 Å². The molecule has 0 aliphatic heterocycles. The zero-order valence-corrected chi connectivity index (χ0v) is 30.3. The maximum absolute atomic E-state index is 6.34. The molecule has 0 amide bonds. The number of rotatable bonds is 4. The van der Waals surface area contributed by atoms with Gasteiger partial charge in [-0.25, -0.2) is 0 Å². The van der Waals surface area contributed by atoms with Crippen LogP contribution in [-0.2, 0) is 10.8 Å². The summed E-state index contributed by atoms with van der Waals surface area (Å²) in [6.07, 6.45) is 0. The van der Waals surface area contributed by atoms with Crippen molar-refractivity contribution >= 4 is 39.0 Å². The van der Waals surface area contributed by atoms with Gasteiger partial charge in [-0.3, -0.25) is 0 Å². The molecule has 0 N–H and O–H groups in total. The molecule has 0 saturated heterocycles. The highest BCUT2D eigenvalue weighted by atomic mass is 16.3. The second kappa shape index (κ2) is 11.4. The van der Waals surface area contributed by atoms with Gasteiger partial charge in [-0.1, -0.05) is 159 Å². The minimum absolute atomic E-state index is 0.170. The first-order valence-electron chi connectivity index (χ1n) is 18.9. The number of benzene rings is 8. The highest BCUT2D eigenvalue weighted by molar-refractivity contribution is 6.12. The van der Waals surface area contributed by atoms with Crippen molar-refractivity contribution < 1.29 is 4.42 Å². The first-order valence-corrected chi connectivity index (χ1v) is 18.9. The summed E-state index contributed by atoms with van der Waals surface area (Å²) in [5, 5.41) is 2.27. The Morgan fingerprint density at radius 2 is 0.981 bits per heavy atom. The Morgan fingerprint density at radius 3 is 1.76 bits per heavy atom. The van der Waals surface area contributed by atoms with Crippen LogP contribution in [0.2, 0.25) is 0 Å². The van der Waals surface area contributed by atoms with Gasteiger partial charge in [0.2, 0.25) is 0 Å². The fourth-order valence-electron chi connectivity index (χ4n) is 9.92. The van der Waals surface area contributed by atoms with E-state index in [1.165, 1.54) is 50.2 Å². The molecule has 1 spiro atoms. The summed E-state index contributed by atoms with van der Waals surface area (Å²) in [5.41, 5.74) is 17.5. The fraction of sp³-hybridized carbons (Fsp3) is 0.0769. The lowest BCUT2D eigenvalue weighted by Crippen LogP contribution is -2.41. The maximum atomic E-state index is 6.34. The zero-order valence-electron chi connectivity index (χ0n) is 30.3. The molecule has 54 heavy (non-hydrogen) atoms. The molecule has 2 nitrogen and oxygen atoms in total. The van der Waals surface area contributed by atoms with Gasteiger partial charge < -0.3 is 9.32 Å². The van der Waals surface area contributed by atoms with Crippen LogP contribution in [0.4, 0.5) is 17.1 Å². The number of anilines is 3. The number of furan rings is 1. The van der Waals surface area contributed by atoms with E-state index in [-0.39, 0.29) is 5.41 Å². The van der Waals surface area contributed by atoms with E-state index in [4.69, 9.17) is 4.42 Å². The van der Waals surface area contributed by atoms with Crippen molar-refractivity contribution in [1.82, 2.24) is 0 Å². The van der Waals surface area contributed by atoms with Crippen molar-refractivity contribution in [3.8, 4) is 22.3 Å². The number of hydrogen-bond acceptors (Lipinski definition) is 2. The molecule has 2 aliphatic carbocycles. The smallest absolute Gasteiger partial charge is 0.136 e. The minimum Gasteiger partial charge on any atom is -0.456 e. The Labute approximate surface area is 315 Å². The summed E-state index contributed by atoms with van der Waals surface area (Å²) < 4.78 is 6.34. The quantitative estimate of drug-likeness (QED) is 0.183. The van der Waals surface area contributed by atoms with Gasteiger partial charge in [-0.05, 0) is 92.5 Å². The standard InChI is InChI=1S/C52H37NO/c1-51(2)42-26-9-11-28-44(42)52(45-29-12-10-27-43(45)51)41-25-8-6-21-38(41)39-24-15-30-46(50(39)52)53(35-18-4-3-5-19-35)36-20-14-17-34(33-36)37-23-16-32-48-49(37)40-22-7-13-31-47(40)54-48/h3-33H,1-2H3. The SMILES string of the molecule is CC1(C)c2ccccc2C2(c3ccccc3-c3cccc(N(c4ccccc4)c4cccc(-c5cccc6oc7ccccc7c56)c4)c32)c2ccccc21. The highest BCUT2D eigenvalue weighted by Gasteiger charge is 2.54. The Balaban J connectivity index is 1.22. The lowest BCUT2D eigenvalue weighted by Gasteiger charge is -2.47. The van der Waals surface area contributed by atoms with Crippen molar-refractivity contribution in [3.63, 3.8) is 0 Å². The van der Waals surface area contributed by atoms with Crippen molar-refractivity contribution in [3.05, 3.63) is 221 Å². The van der Waals surface area contributed by atoms with Crippen LogP contribution in [0.5, 0.6) is 0 Å². The molecule has 2 aliphatic rings. The van der Waals surface area contributed by atoms with E-state index >= 15 is 0 Å². The number of para-hydroxylation sites is 2. The van der Waals surface area contributed by atoms with Gasteiger partial charge in [0.1, 0.15) is 11.2 Å². The van der Waals surface area contributed by atoms with Crippen LogP contribution >= 0.6 is 0 Å². The van der Waals surface area contributed by atoms with Crippen molar-refractivity contribution in [2.75, 3.05) is 4.90 Å². The molecular weight excluding hydrogens is 655 g/mol. The normalized spacial score (nSPS) is 14.4. The van der Waals surface area contributed by atoms with Gasteiger partial charge in [-0.15, -0.1) is 0 Å². The van der Waals surface area contributed by atoms with Gasteiger partial charge in [0.15, 0.2) is 0 Å². The van der Waals surface area contributed by atoms with Crippen LogP contribution in [-0.4, -0.2) is 0 Å². The number of hydrogen-bond donors (Lipinski definition) is 0. The highest BCUT2D eigenvalue weighted by Crippen LogP contribution is 2.64. The first kappa shape index (κ1) is 30.9. The van der Waals surface area contributed by atoms with E-state index in [9.17, 15) is 0 Å². The van der Waals surface area contributed by atoms with Gasteiger partial charge in [0.05, 0.1) is 11.1 Å². The van der Waals surface area contributed by atoms with Gasteiger partial charge in [0.25, 0.3) is 0 Å². The summed E-state index contributed by atoms with van der Waals surface area (Å²) in [6, 6.07) is 69.0. The Kier molecular flexibility index (Phi) is 6.55. The third kappa shape index (κ3) is 4.11. The van der Waals surface area contributed by atoms with Crippen molar-refractivity contribution in [2.24, 2.45) is 0 Å². The third-order valence-electron chi connectivity index (χ3n) is 12.1. The van der Waals surface area contributed by atoms with Gasteiger partial charge in [0, 0.05) is 33.1 Å². The second-order valence-electron chi connectivity index (χ2n) is 15.2. The molecular formula is C52H37NO. The first-order chi connectivity index (χ1) is 26.6. The fourth-order valence-corrected chi connectivity index (χ4v) is 9.92. The molecule has 8 aromatic carbocycles. The third-order valence-corrected chi connectivity index (χ3v) is 12.1. The Bertz CT molecular complexity index is 2880. The van der Waals surface area contributed by atoms with E-state index in [0.29, 0.717) is 0 Å². The lowest BCUT2D eigenvalue weighted by atomic mass is 9.55. The minimum atomic E-state index is -0.531. The largest absolute Gasteiger partial charge is 0.456 e. The summed E-state index contributed by atoms with van der Waals surface area (Å²) in [4.78, 5) is 2.48. The molecule has 0 unspecified atom stereocenters. The number of fused-ring (bicyclic) bond motifs is 12. The van der Waals surface area contributed by atoms with Crippen LogP contribution in [0.1, 0.15) is 47.2 Å². The molecule has 9 aromatic rings. The van der Waals surface area contributed by atoms with Crippen LogP contribution in [0.3, 0.4) is 0 Å². The molecule has 0 bridgehead atoms. The topological polar surface area (TPSA) is 16.4 Å². The average molecular weight is 692 g/mol. The second-order valence-corrected chi connectivity index (χ2v) is 15.2. The molecule has 2 heteroatoms. The predicted molar refractivity (Wildman–Crippen MR) is 223 cm³/mol.